The molecule has 1 aliphatic carbocycles. The van der Waals surface area contributed by atoms with E-state index in [1.54, 1.807) is 13.0 Å². The molecule has 1 fully saturated rings. The summed E-state index contributed by atoms with van der Waals surface area (Å²) in [6.45, 7) is 1.67. The number of amides is 1. The lowest BCUT2D eigenvalue weighted by atomic mass is 10.1. The quantitative estimate of drug-likeness (QED) is 0.646. The summed E-state index contributed by atoms with van der Waals surface area (Å²) in [5.74, 6) is -0.385. The predicted octanol–water partition coefficient (Wildman–Crippen LogP) is 3.96. The van der Waals surface area contributed by atoms with Crippen LogP contribution in [-0.4, -0.2) is 16.8 Å². The zero-order valence-electron chi connectivity index (χ0n) is 11.1. The normalized spacial score (nSPS) is 23.7. The number of carbonyl (C=O) groups is 1. The predicted molar refractivity (Wildman–Crippen MR) is 78.2 cm³/mol. The molecule has 19 heavy (non-hydrogen) atoms. The highest BCUT2D eigenvalue weighted by Gasteiger charge is 2.23. The van der Waals surface area contributed by atoms with Crippen molar-refractivity contribution in [3.63, 3.8) is 0 Å². The van der Waals surface area contributed by atoms with Gasteiger partial charge >= 0.3 is 0 Å². The van der Waals surface area contributed by atoms with Gasteiger partial charge in [-0.05, 0) is 43.5 Å². The molecule has 2 unspecified atom stereocenters. The molecule has 0 aliphatic heterocycles. The third-order valence-electron chi connectivity index (χ3n) is 3.67. The van der Waals surface area contributed by atoms with Crippen LogP contribution in [0.2, 0.25) is 0 Å². The molecular formula is C15H19BrFNO. The maximum absolute atomic E-state index is 13.2. The van der Waals surface area contributed by atoms with Gasteiger partial charge in [0.25, 0.3) is 5.91 Å². The lowest BCUT2D eigenvalue weighted by Crippen LogP contribution is -2.40. The minimum absolute atomic E-state index is 0.112. The lowest BCUT2D eigenvalue weighted by molar-refractivity contribution is 0.0934. The highest BCUT2D eigenvalue weighted by atomic mass is 79.9. The Labute approximate surface area is 121 Å². The third-order valence-corrected chi connectivity index (χ3v) is 4.76. The second-order valence-electron chi connectivity index (χ2n) is 5.20. The van der Waals surface area contributed by atoms with Gasteiger partial charge in [0.2, 0.25) is 0 Å². The van der Waals surface area contributed by atoms with Crippen molar-refractivity contribution in [3.8, 4) is 0 Å². The van der Waals surface area contributed by atoms with Gasteiger partial charge in [0.15, 0.2) is 0 Å². The van der Waals surface area contributed by atoms with E-state index in [0.717, 1.165) is 19.3 Å². The number of benzene rings is 1. The average Bonchev–Trinajstić information content (AvgIpc) is 2.58. The molecule has 0 aromatic heterocycles. The molecule has 1 N–H and O–H groups in total. The van der Waals surface area contributed by atoms with E-state index in [1.807, 2.05) is 0 Å². The van der Waals surface area contributed by atoms with E-state index in [2.05, 4.69) is 21.2 Å². The molecule has 0 saturated heterocycles. The first-order chi connectivity index (χ1) is 9.08. The first-order valence-electron chi connectivity index (χ1n) is 6.79. The fourth-order valence-corrected chi connectivity index (χ4v) is 3.18. The summed E-state index contributed by atoms with van der Waals surface area (Å²) in [4.78, 5) is 12.5. The molecule has 2 nitrogen and oxygen atoms in total. The average molecular weight is 328 g/mol. The summed E-state index contributed by atoms with van der Waals surface area (Å²) in [5, 5.41) is 3.06. The minimum atomic E-state index is -0.274. The van der Waals surface area contributed by atoms with Crippen LogP contribution in [0.25, 0.3) is 0 Å². The van der Waals surface area contributed by atoms with Crippen LogP contribution in [0.15, 0.2) is 18.2 Å². The summed E-state index contributed by atoms with van der Waals surface area (Å²) < 4.78 is 13.2. The molecule has 0 radical (unpaired) electrons. The maximum Gasteiger partial charge on any atom is 0.251 e. The number of alkyl halides is 1. The fraction of sp³-hybridized carbons (Fsp3) is 0.533. The molecule has 4 heteroatoms. The Morgan fingerprint density at radius 2 is 2.05 bits per heavy atom. The van der Waals surface area contributed by atoms with Gasteiger partial charge in [-0.15, -0.1) is 0 Å². The van der Waals surface area contributed by atoms with Crippen molar-refractivity contribution in [2.45, 2.75) is 49.9 Å². The Morgan fingerprint density at radius 1 is 1.32 bits per heavy atom. The SMILES string of the molecule is Cc1cc(C(=O)NC2CCCCCC2Br)ccc1F. The van der Waals surface area contributed by atoms with E-state index in [1.165, 1.54) is 25.0 Å². The fourth-order valence-electron chi connectivity index (χ4n) is 2.46. The van der Waals surface area contributed by atoms with Gasteiger partial charge in [-0.25, -0.2) is 4.39 Å². The Morgan fingerprint density at radius 3 is 2.79 bits per heavy atom. The molecule has 1 aromatic carbocycles. The molecular weight excluding hydrogens is 309 g/mol. The van der Waals surface area contributed by atoms with E-state index in [-0.39, 0.29) is 17.8 Å². The topological polar surface area (TPSA) is 29.1 Å². The highest BCUT2D eigenvalue weighted by Crippen LogP contribution is 2.24. The van der Waals surface area contributed by atoms with Crippen LogP contribution >= 0.6 is 15.9 Å². The van der Waals surface area contributed by atoms with Gasteiger partial charge in [0.05, 0.1) is 0 Å². The zero-order valence-corrected chi connectivity index (χ0v) is 12.7. The molecule has 0 spiro atoms. The van der Waals surface area contributed by atoms with E-state index >= 15 is 0 Å². The van der Waals surface area contributed by atoms with Crippen LogP contribution in [0.1, 0.15) is 48.0 Å². The Bertz CT molecular complexity index is 463. The van der Waals surface area contributed by atoms with Crippen LogP contribution in [0, 0.1) is 12.7 Å². The van der Waals surface area contributed by atoms with Crippen LogP contribution < -0.4 is 5.32 Å². The first-order valence-corrected chi connectivity index (χ1v) is 7.70. The number of hydrogen-bond acceptors (Lipinski definition) is 1. The summed E-state index contributed by atoms with van der Waals surface area (Å²) in [6, 6.07) is 4.66. The van der Waals surface area contributed by atoms with Crippen LogP contribution in [-0.2, 0) is 0 Å². The zero-order chi connectivity index (χ0) is 13.8. The second-order valence-corrected chi connectivity index (χ2v) is 6.37. The summed E-state index contributed by atoms with van der Waals surface area (Å²) >= 11 is 3.66. The smallest absolute Gasteiger partial charge is 0.251 e. The summed E-state index contributed by atoms with van der Waals surface area (Å²) in [6.07, 6.45) is 5.67. The maximum atomic E-state index is 13.2. The highest BCUT2D eigenvalue weighted by molar-refractivity contribution is 9.09. The van der Waals surface area contributed by atoms with Gasteiger partial charge in [0.1, 0.15) is 5.82 Å². The number of hydrogen-bond donors (Lipinski definition) is 1. The largest absolute Gasteiger partial charge is 0.348 e. The molecule has 1 aromatic rings. The van der Waals surface area contributed by atoms with Crippen molar-refractivity contribution in [3.05, 3.63) is 35.1 Å². The molecule has 1 aliphatic rings. The van der Waals surface area contributed by atoms with Gasteiger partial charge in [-0.3, -0.25) is 4.79 Å². The molecule has 1 amide bonds. The Hall–Kier alpha value is -0.900. The lowest BCUT2D eigenvalue weighted by Gasteiger charge is -2.21. The van der Waals surface area contributed by atoms with Crippen molar-refractivity contribution in [1.29, 1.82) is 0 Å². The summed E-state index contributed by atoms with van der Waals surface area (Å²) in [7, 11) is 0. The second kappa shape index (κ2) is 6.51. The molecule has 0 heterocycles. The molecule has 2 rings (SSSR count). The monoisotopic (exact) mass is 327 g/mol. The van der Waals surface area contributed by atoms with E-state index in [4.69, 9.17) is 0 Å². The number of halogens is 2. The van der Waals surface area contributed by atoms with Crippen LogP contribution in [0.5, 0.6) is 0 Å². The molecule has 1 saturated carbocycles. The van der Waals surface area contributed by atoms with Crippen molar-refractivity contribution in [1.82, 2.24) is 5.32 Å². The van der Waals surface area contributed by atoms with Gasteiger partial charge in [-0.1, -0.05) is 35.2 Å². The van der Waals surface area contributed by atoms with Crippen molar-refractivity contribution in [2.24, 2.45) is 0 Å². The van der Waals surface area contributed by atoms with Crippen molar-refractivity contribution < 1.29 is 9.18 Å². The van der Waals surface area contributed by atoms with Crippen LogP contribution in [0.4, 0.5) is 4.39 Å². The van der Waals surface area contributed by atoms with Gasteiger partial charge < -0.3 is 5.32 Å². The summed E-state index contributed by atoms with van der Waals surface area (Å²) in [5.41, 5.74) is 1.03. The van der Waals surface area contributed by atoms with Gasteiger partial charge in [-0.2, -0.15) is 0 Å². The third kappa shape index (κ3) is 3.78. The molecule has 104 valence electrons. The van der Waals surface area contributed by atoms with Gasteiger partial charge in [0, 0.05) is 16.4 Å². The standard InChI is InChI=1S/C15H19BrFNO/c1-10-9-11(7-8-13(10)17)15(19)18-14-6-4-2-3-5-12(14)16/h7-9,12,14H,2-6H2,1H3,(H,18,19). The Kier molecular flexibility index (Phi) is 4.97. The number of aryl methyl sites for hydroxylation is 1. The van der Waals surface area contributed by atoms with Crippen molar-refractivity contribution in [2.75, 3.05) is 0 Å². The first kappa shape index (κ1) is 14.5. The van der Waals surface area contributed by atoms with Crippen LogP contribution in [0.3, 0.4) is 0 Å². The number of rotatable bonds is 2. The molecule has 0 bridgehead atoms. The van der Waals surface area contributed by atoms with E-state index in [9.17, 15) is 9.18 Å². The minimum Gasteiger partial charge on any atom is -0.348 e. The number of carbonyl (C=O) groups excluding carboxylic acids is 1. The Balaban J connectivity index is 2.05. The molecule has 2 atom stereocenters. The van der Waals surface area contributed by atoms with Crippen molar-refractivity contribution >= 4 is 21.8 Å². The van der Waals surface area contributed by atoms with E-state index in [0.29, 0.717) is 16.0 Å². The van der Waals surface area contributed by atoms with E-state index < -0.39 is 0 Å². The number of nitrogens with one attached hydrogen (secondary N) is 1.